The van der Waals surface area contributed by atoms with Gasteiger partial charge in [0.2, 0.25) is 0 Å². The topological polar surface area (TPSA) is 78.8 Å². The van der Waals surface area contributed by atoms with Crippen LogP contribution in [0.3, 0.4) is 0 Å². The molecule has 0 saturated heterocycles. The van der Waals surface area contributed by atoms with Gasteiger partial charge in [0.25, 0.3) is 10.0 Å². The third-order valence-corrected chi connectivity index (χ3v) is 8.44. The van der Waals surface area contributed by atoms with Crippen molar-refractivity contribution < 1.29 is 32.6 Å². The van der Waals surface area contributed by atoms with Gasteiger partial charge in [0.15, 0.2) is 0 Å². The van der Waals surface area contributed by atoms with Crippen molar-refractivity contribution in [2.24, 2.45) is 5.10 Å². The van der Waals surface area contributed by atoms with Gasteiger partial charge in [-0.1, -0.05) is 73.5 Å². The summed E-state index contributed by atoms with van der Waals surface area (Å²) in [6, 6.07) is 14.5. The summed E-state index contributed by atoms with van der Waals surface area (Å²) in [7, 11) is -14.7. The van der Waals surface area contributed by atoms with Gasteiger partial charge in [-0.3, -0.25) is 0 Å². The molecule has 0 saturated carbocycles. The minimum absolute atomic E-state index is 0.0404. The lowest BCUT2D eigenvalue weighted by Crippen LogP contribution is -2.43. The van der Waals surface area contributed by atoms with Crippen LogP contribution >= 0.6 is 21.8 Å². The van der Waals surface area contributed by atoms with Crippen molar-refractivity contribution in [3.63, 3.8) is 0 Å². The second-order valence-electron chi connectivity index (χ2n) is 8.32. The molecule has 0 radical (unpaired) electrons. The van der Waals surface area contributed by atoms with Gasteiger partial charge in [-0.05, 0) is 54.4 Å². The standard InChI is InChI=1S/C23H19ClF5N3O3S2/c1-15-21(16-5-3-2-4-6-16)22(17-7-9-18(24)10-8-17)30-32(15)23(33)31-36(34,35)19-11-13-20(14-12-19)37(25,26,27,28)29/h2-15,21H,1H3,(H,31,33). The van der Waals surface area contributed by atoms with Crippen LogP contribution in [0.4, 0.5) is 24.2 Å². The van der Waals surface area contributed by atoms with Crippen LogP contribution < -0.4 is 4.72 Å². The molecule has 1 heterocycles. The third-order valence-electron chi connectivity index (χ3n) is 5.69. The minimum Gasteiger partial charge on any atom is -0.246 e. The average Bonchev–Trinajstić information content (AvgIpc) is 3.15. The van der Waals surface area contributed by atoms with Gasteiger partial charge in [0, 0.05) is 5.02 Å². The van der Waals surface area contributed by atoms with E-state index in [1.54, 1.807) is 54.1 Å². The highest BCUT2D eigenvalue weighted by molar-refractivity contribution is 8.45. The molecule has 1 aliphatic rings. The van der Waals surface area contributed by atoms with Crippen LogP contribution in [0.2, 0.25) is 5.02 Å². The second kappa shape index (κ2) is 8.43. The highest BCUT2D eigenvalue weighted by atomic mass is 35.5. The zero-order valence-corrected chi connectivity index (χ0v) is 21.3. The van der Waals surface area contributed by atoms with Gasteiger partial charge in [-0.15, -0.1) is 0 Å². The van der Waals surface area contributed by atoms with E-state index in [4.69, 9.17) is 11.6 Å². The number of halogens is 6. The monoisotopic (exact) mass is 579 g/mol. The van der Waals surface area contributed by atoms with Crippen LogP contribution in [0.5, 0.6) is 0 Å². The summed E-state index contributed by atoms with van der Waals surface area (Å²) in [4.78, 5) is 9.94. The Labute approximate surface area is 214 Å². The van der Waals surface area contributed by atoms with Crippen molar-refractivity contribution >= 4 is 43.6 Å². The van der Waals surface area contributed by atoms with Crippen LogP contribution in [0.15, 0.2) is 93.8 Å². The van der Waals surface area contributed by atoms with E-state index in [0.717, 1.165) is 10.6 Å². The van der Waals surface area contributed by atoms with Crippen LogP contribution in [-0.4, -0.2) is 31.2 Å². The number of carbonyl (C=O) groups is 1. The zero-order chi connectivity index (χ0) is 27.3. The van der Waals surface area contributed by atoms with Gasteiger partial charge in [-0.2, -0.15) is 5.10 Å². The maximum Gasteiger partial charge on any atom is 0.351 e. The van der Waals surface area contributed by atoms with E-state index in [-0.39, 0.29) is 12.1 Å². The Bertz CT molecular complexity index is 1480. The van der Waals surface area contributed by atoms with Crippen molar-refractivity contribution in [1.29, 1.82) is 0 Å². The molecule has 3 aromatic rings. The molecule has 2 atom stereocenters. The largest absolute Gasteiger partial charge is 0.351 e. The Kier molecular flexibility index (Phi) is 6.13. The Morgan fingerprint density at radius 3 is 2.03 bits per heavy atom. The predicted molar refractivity (Wildman–Crippen MR) is 132 cm³/mol. The lowest BCUT2D eigenvalue weighted by atomic mass is 9.86. The minimum atomic E-state index is -9.99. The number of carbonyl (C=O) groups excluding carboxylic acids is 1. The Balaban J connectivity index is 1.64. The maximum absolute atomic E-state index is 13.0. The number of nitrogens with one attached hydrogen (secondary N) is 1. The number of benzene rings is 3. The van der Waals surface area contributed by atoms with E-state index in [0.29, 0.717) is 28.4 Å². The highest BCUT2D eigenvalue weighted by Crippen LogP contribution is 3.02. The van der Waals surface area contributed by atoms with Gasteiger partial charge < -0.3 is 0 Å². The molecule has 6 nitrogen and oxygen atoms in total. The maximum atomic E-state index is 13.0. The Hall–Kier alpha value is -3.16. The van der Waals surface area contributed by atoms with E-state index in [1.807, 2.05) is 12.1 Å². The smallest absolute Gasteiger partial charge is 0.246 e. The lowest BCUT2D eigenvalue weighted by Gasteiger charge is -2.40. The number of amides is 2. The van der Waals surface area contributed by atoms with Gasteiger partial charge >= 0.3 is 16.3 Å². The molecule has 0 aromatic heterocycles. The zero-order valence-electron chi connectivity index (χ0n) is 18.9. The Morgan fingerprint density at radius 2 is 1.49 bits per heavy atom. The number of urea groups is 1. The molecule has 2 amide bonds. The first-order valence-electron chi connectivity index (χ1n) is 10.6. The molecule has 1 N–H and O–H groups in total. The van der Waals surface area contributed by atoms with Crippen molar-refractivity contribution in [1.82, 2.24) is 9.73 Å². The molecule has 2 unspecified atom stereocenters. The van der Waals surface area contributed by atoms with Crippen LogP contribution in [0.1, 0.15) is 24.0 Å². The van der Waals surface area contributed by atoms with Crippen molar-refractivity contribution in [3.8, 4) is 0 Å². The molecule has 3 aromatic carbocycles. The molecule has 0 aliphatic carbocycles. The predicted octanol–water partition coefficient (Wildman–Crippen LogP) is 7.29. The number of sulfonamides is 1. The number of hydrogen-bond acceptors (Lipinski definition) is 4. The normalized spacial score (nSPS) is 20.1. The van der Waals surface area contributed by atoms with Crippen molar-refractivity contribution in [2.75, 3.05) is 0 Å². The molecule has 14 heteroatoms. The molecular formula is C23H19ClF5N3O3S2. The fourth-order valence-corrected chi connectivity index (χ4v) is 5.63. The van der Waals surface area contributed by atoms with E-state index in [1.165, 1.54) is 0 Å². The summed E-state index contributed by atoms with van der Waals surface area (Å²) >= 11 is 5.98. The number of hydrazone groups is 1. The van der Waals surface area contributed by atoms with Crippen LogP contribution in [0, 0.1) is 0 Å². The fraction of sp³-hybridized carbons (Fsp3) is 0.130. The van der Waals surface area contributed by atoms with Gasteiger partial charge in [-0.25, -0.2) is 22.9 Å². The summed E-state index contributed by atoms with van der Waals surface area (Å²) < 4.78 is 91.9. The number of nitrogens with zero attached hydrogens (tertiary/aromatic N) is 2. The SMILES string of the molecule is CC1C(c2ccccc2)C(c2ccc(Cl)cc2)=NN1C(=O)NS(=O)(=O)c1ccc(S(F)(F)(F)(F)F)cc1. The molecule has 0 bridgehead atoms. The first-order valence-corrected chi connectivity index (χ1v) is 14.4. The summed E-state index contributed by atoms with van der Waals surface area (Å²) in [5.74, 6) is -0.451. The highest BCUT2D eigenvalue weighted by Gasteiger charge is 2.65. The van der Waals surface area contributed by atoms with E-state index < -0.39 is 48.0 Å². The quantitative estimate of drug-likeness (QED) is 0.322. The van der Waals surface area contributed by atoms with Crippen LogP contribution in [0.25, 0.3) is 0 Å². The van der Waals surface area contributed by atoms with E-state index >= 15 is 0 Å². The van der Waals surface area contributed by atoms with Gasteiger partial charge in [0.05, 0.1) is 22.6 Å². The molecule has 4 rings (SSSR count). The molecule has 0 fully saturated rings. The number of rotatable bonds is 5. The molecule has 37 heavy (non-hydrogen) atoms. The number of hydrogen-bond donors (Lipinski definition) is 1. The van der Waals surface area contributed by atoms with Crippen LogP contribution in [-0.2, 0) is 10.0 Å². The van der Waals surface area contributed by atoms with Crippen molar-refractivity contribution in [3.05, 3.63) is 95.0 Å². The first-order chi connectivity index (χ1) is 17.0. The fourth-order valence-electron chi connectivity index (χ4n) is 3.92. The Morgan fingerprint density at radius 1 is 0.919 bits per heavy atom. The second-order valence-corrected chi connectivity index (χ2v) is 12.8. The van der Waals surface area contributed by atoms with Crippen molar-refractivity contribution in [2.45, 2.75) is 28.7 Å². The summed E-state index contributed by atoms with van der Waals surface area (Å²) in [5, 5.41) is 5.75. The molecular weight excluding hydrogens is 561 g/mol. The lowest BCUT2D eigenvalue weighted by molar-refractivity contribution is 0.193. The summed E-state index contributed by atoms with van der Waals surface area (Å²) in [6.45, 7) is 1.65. The third kappa shape index (κ3) is 5.73. The molecule has 1 aliphatic heterocycles. The van der Waals surface area contributed by atoms with Gasteiger partial charge in [0.1, 0.15) is 4.90 Å². The first kappa shape index (κ1) is 26.9. The average molecular weight is 580 g/mol. The summed E-state index contributed by atoms with van der Waals surface area (Å²) in [5.41, 5.74) is 1.89. The molecule has 198 valence electrons. The summed E-state index contributed by atoms with van der Waals surface area (Å²) in [6.07, 6.45) is 0. The van der Waals surface area contributed by atoms with E-state index in [9.17, 15) is 32.6 Å². The molecule has 0 spiro atoms. The van der Waals surface area contributed by atoms with E-state index in [2.05, 4.69) is 5.10 Å².